The third kappa shape index (κ3) is 3.46. The van der Waals surface area contributed by atoms with Gasteiger partial charge >= 0.3 is 0 Å². The zero-order chi connectivity index (χ0) is 13.7. The highest BCUT2D eigenvalue weighted by Gasteiger charge is 2.26. The molecule has 0 fully saturated rings. The number of rotatable bonds is 6. The predicted molar refractivity (Wildman–Crippen MR) is 78.0 cm³/mol. The van der Waals surface area contributed by atoms with Crippen LogP contribution in [-0.4, -0.2) is 37.8 Å². The number of halogens is 1. The van der Waals surface area contributed by atoms with Crippen molar-refractivity contribution in [2.75, 3.05) is 27.8 Å². The SMILES string of the molecule is CCC(CO)C(c1cc(Br)ccc1OC)N(C)C. The van der Waals surface area contributed by atoms with Crippen LogP contribution in [-0.2, 0) is 0 Å². The molecule has 0 amide bonds. The molecule has 1 aromatic carbocycles. The number of nitrogens with zero attached hydrogens (tertiary/aromatic N) is 1. The normalized spacial score (nSPS) is 14.6. The van der Waals surface area contributed by atoms with Crippen LogP contribution in [0.15, 0.2) is 22.7 Å². The smallest absolute Gasteiger partial charge is 0.123 e. The third-order valence-electron chi connectivity index (χ3n) is 3.27. The Bertz CT molecular complexity index is 378. The Morgan fingerprint density at radius 3 is 2.50 bits per heavy atom. The second-order valence-corrected chi connectivity index (χ2v) is 5.56. The van der Waals surface area contributed by atoms with Crippen LogP contribution in [0.2, 0.25) is 0 Å². The molecular weight excluding hydrogens is 294 g/mol. The molecule has 3 nitrogen and oxygen atoms in total. The van der Waals surface area contributed by atoms with Gasteiger partial charge < -0.3 is 14.7 Å². The molecule has 2 atom stereocenters. The van der Waals surface area contributed by atoms with Crippen LogP contribution < -0.4 is 4.74 Å². The van der Waals surface area contributed by atoms with Gasteiger partial charge in [-0.2, -0.15) is 0 Å². The Balaban J connectivity index is 3.23. The molecule has 4 heteroatoms. The maximum atomic E-state index is 9.56. The largest absolute Gasteiger partial charge is 0.496 e. The summed E-state index contributed by atoms with van der Waals surface area (Å²) in [6.45, 7) is 2.27. The lowest BCUT2D eigenvalue weighted by Gasteiger charge is -2.32. The van der Waals surface area contributed by atoms with Crippen molar-refractivity contribution in [2.45, 2.75) is 19.4 Å². The minimum atomic E-state index is 0.146. The Labute approximate surface area is 118 Å². The molecule has 0 aliphatic rings. The van der Waals surface area contributed by atoms with E-state index in [9.17, 15) is 5.11 Å². The first-order chi connectivity index (χ1) is 8.54. The van der Waals surface area contributed by atoms with Crippen LogP contribution in [0, 0.1) is 5.92 Å². The van der Waals surface area contributed by atoms with Crippen molar-refractivity contribution in [3.05, 3.63) is 28.2 Å². The molecule has 1 aromatic rings. The van der Waals surface area contributed by atoms with Crippen LogP contribution in [0.4, 0.5) is 0 Å². The van der Waals surface area contributed by atoms with Gasteiger partial charge in [0, 0.05) is 28.6 Å². The minimum Gasteiger partial charge on any atom is -0.496 e. The lowest BCUT2D eigenvalue weighted by atomic mass is 9.90. The van der Waals surface area contributed by atoms with Crippen LogP contribution >= 0.6 is 15.9 Å². The fourth-order valence-electron chi connectivity index (χ4n) is 2.34. The summed E-state index contributed by atoms with van der Waals surface area (Å²) >= 11 is 3.50. The molecule has 102 valence electrons. The minimum absolute atomic E-state index is 0.146. The monoisotopic (exact) mass is 315 g/mol. The van der Waals surface area contributed by atoms with Crippen molar-refractivity contribution in [3.63, 3.8) is 0 Å². The number of hydrogen-bond donors (Lipinski definition) is 1. The molecule has 0 spiro atoms. The van der Waals surface area contributed by atoms with Crippen molar-refractivity contribution < 1.29 is 9.84 Å². The van der Waals surface area contributed by atoms with E-state index in [1.165, 1.54) is 0 Å². The molecule has 0 aromatic heterocycles. The Morgan fingerprint density at radius 1 is 1.39 bits per heavy atom. The summed E-state index contributed by atoms with van der Waals surface area (Å²) in [6, 6.07) is 6.14. The first kappa shape index (κ1) is 15.5. The van der Waals surface area contributed by atoms with Crippen LogP contribution in [0.1, 0.15) is 24.9 Å². The molecule has 0 heterocycles. The van der Waals surface area contributed by atoms with Crippen molar-refractivity contribution >= 4 is 15.9 Å². The fourth-order valence-corrected chi connectivity index (χ4v) is 2.72. The zero-order valence-corrected chi connectivity index (χ0v) is 13.1. The molecular formula is C14H22BrNO2. The number of ether oxygens (including phenoxy) is 1. The van der Waals surface area contributed by atoms with Crippen LogP contribution in [0.3, 0.4) is 0 Å². The Hall–Kier alpha value is -0.580. The zero-order valence-electron chi connectivity index (χ0n) is 11.5. The number of aliphatic hydroxyl groups is 1. The van der Waals surface area contributed by atoms with E-state index < -0.39 is 0 Å². The van der Waals surface area contributed by atoms with Crippen molar-refractivity contribution in [3.8, 4) is 5.75 Å². The predicted octanol–water partition coefficient (Wildman–Crippen LogP) is 3.08. The standard InChI is InChI=1S/C14H22BrNO2/c1-5-10(9-17)14(16(2)3)12-8-11(15)6-7-13(12)18-4/h6-8,10,14,17H,5,9H2,1-4H3. The highest BCUT2D eigenvalue weighted by atomic mass is 79.9. The lowest BCUT2D eigenvalue weighted by molar-refractivity contribution is 0.128. The van der Waals surface area contributed by atoms with Gasteiger partial charge in [0.05, 0.1) is 7.11 Å². The van der Waals surface area contributed by atoms with Gasteiger partial charge in [-0.3, -0.25) is 0 Å². The van der Waals surface area contributed by atoms with E-state index >= 15 is 0 Å². The van der Waals surface area contributed by atoms with Gasteiger partial charge in [0.2, 0.25) is 0 Å². The average molecular weight is 316 g/mol. The average Bonchev–Trinajstić information content (AvgIpc) is 2.35. The molecule has 1 N–H and O–H groups in total. The van der Waals surface area contributed by atoms with E-state index in [1.54, 1.807) is 7.11 Å². The molecule has 0 saturated heterocycles. The third-order valence-corrected chi connectivity index (χ3v) is 3.77. The van der Waals surface area contributed by atoms with Crippen molar-refractivity contribution in [2.24, 2.45) is 5.92 Å². The second-order valence-electron chi connectivity index (χ2n) is 4.65. The molecule has 0 radical (unpaired) electrons. The van der Waals surface area contributed by atoms with Crippen LogP contribution in [0.5, 0.6) is 5.75 Å². The van der Waals surface area contributed by atoms with Gasteiger partial charge in [-0.05, 0) is 38.7 Å². The van der Waals surface area contributed by atoms with Crippen LogP contribution in [0.25, 0.3) is 0 Å². The van der Waals surface area contributed by atoms with Gasteiger partial charge in [-0.1, -0.05) is 22.9 Å². The van der Waals surface area contributed by atoms with Gasteiger partial charge in [0.25, 0.3) is 0 Å². The van der Waals surface area contributed by atoms with E-state index in [1.807, 2.05) is 26.2 Å². The summed E-state index contributed by atoms with van der Waals surface area (Å²) in [6.07, 6.45) is 0.926. The molecule has 1 rings (SSSR count). The fraction of sp³-hybridized carbons (Fsp3) is 0.571. The molecule has 0 aliphatic carbocycles. The highest BCUT2D eigenvalue weighted by molar-refractivity contribution is 9.10. The number of hydrogen-bond acceptors (Lipinski definition) is 3. The van der Waals surface area contributed by atoms with E-state index in [2.05, 4.69) is 33.8 Å². The quantitative estimate of drug-likeness (QED) is 0.875. The van der Waals surface area contributed by atoms with E-state index in [0.717, 1.165) is 22.2 Å². The summed E-state index contributed by atoms with van der Waals surface area (Å²) < 4.78 is 6.47. The van der Waals surface area contributed by atoms with Gasteiger partial charge in [-0.15, -0.1) is 0 Å². The topological polar surface area (TPSA) is 32.7 Å². The first-order valence-electron chi connectivity index (χ1n) is 6.15. The molecule has 2 unspecified atom stereocenters. The summed E-state index contributed by atoms with van der Waals surface area (Å²) in [5.41, 5.74) is 1.11. The van der Waals surface area contributed by atoms with Gasteiger partial charge in [0.1, 0.15) is 5.75 Å². The van der Waals surface area contributed by atoms with E-state index in [0.29, 0.717) is 0 Å². The van der Waals surface area contributed by atoms with Gasteiger partial charge in [0.15, 0.2) is 0 Å². The lowest BCUT2D eigenvalue weighted by Crippen LogP contribution is -2.29. The summed E-state index contributed by atoms with van der Waals surface area (Å²) in [7, 11) is 5.74. The summed E-state index contributed by atoms with van der Waals surface area (Å²) in [5.74, 6) is 1.06. The molecule has 0 aliphatic heterocycles. The summed E-state index contributed by atoms with van der Waals surface area (Å²) in [5, 5.41) is 9.56. The Kier molecular flexibility index (Phi) is 6.12. The van der Waals surface area contributed by atoms with Crippen molar-refractivity contribution in [1.29, 1.82) is 0 Å². The second kappa shape index (κ2) is 7.12. The van der Waals surface area contributed by atoms with Crippen molar-refractivity contribution in [1.82, 2.24) is 4.90 Å². The molecule has 0 bridgehead atoms. The van der Waals surface area contributed by atoms with E-state index in [-0.39, 0.29) is 18.6 Å². The van der Waals surface area contributed by atoms with E-state index in [4.69, 9.17) is 4.74 Å². The molecule has 18 heavy (non-hydrogen) atoms. The number of benzene rings is 1. The maximum absolute atomic E-state index is 9.56. The highest BCUT2D eigenvalue weighted by Crippen LogP contribution is 2.36. The Morgan fingerprint density at radius 2 is 2.06 bits per heavy atom. The molecule has 0 saturated carbocycles. The number of aliphatic hydroxyl groups excluding tert-OH is 1. The number of methoxy groups -OCH3 is 1. The van der Waals surface area contributed by atoms with Gasteiger partial charge in [-0.25, -0.2) is 0 Å². The summed E-state index contributed by atoms with van der Waals surface area (Å²) in [4.78, 5) is 2.13. The maximum Gasteiger partial charge on any atom is 0.123 e. The first-order valence-corrected chi connectivity index (χ1v) is 6.95.